The van der Waals surface area contributed by atoms with Crippen molar-refractivity contribution in [1.29, 1.82) is 0 Å². The fourth-order valence-electron chi connectivity index (χ4n) is 7.34. The molecule has 1 saturated heterocycles. The molecule has 0 spiro atoms. The molecule has 54 heavy (non-hydrogen) atoms. The third kappa shape index (κ3) is 8.44. The number of nitrogens with two attached hydrogens (primary N) is 1. The Labute approximate surface area is 320 Å². The first-order valence-corrected chi connectivity index (χ1v) is 20.9. The number of ether oxygens (including phenoxy) is 2. The molecule has 1 aromatic heterocycles. The maximum atomic E-state index is 12.8. The Hall–Kier alpha value is -4.81. The van der Waals surface area contributed by atoms with E-state index in [0.29, 0.717) is 12.3 Å². The minimum Gasteiger partial charge on any atom is -0.448 e. The van der Waals surface area contributed by atoms with E-state index in [1.165, 1.54) is 61.0 Å². The van der Waals surface area contributed by atoms with Crippen molar-refractivity contribution in [3.05, 3.63) is 124 Å². The Kier molecular flexibility index (Phi) is 11.6. The van der Waals surface area contributed by atoms with Gasteiger partial charge < -0.3 is 15.2 Å². The standard InChI is InChI=1S/C36H35NO4S.C7H9NO3S/c1-2-39-36(38)37(41-35-12-5-6-21-40-35)28-10-7-9-26(23-28)33-19-20-34(42-33)27-15-16-30-25(22-27)14-18-31-29-11-4-3-8-24(29)13-17-32(30)31;8-7(9)5-6-3-1-2-4-12(6,10)11/h3-4,7-11,14,18-20,22-23,35H,2,5-6,12-13,15-17,21H2,1H3;1-4,6H,5H2,(H2,8,9). The summed E-state index contributed by atoms with van der Waals surface area (Å²) in [7, 11) is -3.29. The number of allylic oxidation sites excluding steroid dienone is 3. The lowest BCUT2D eigenvalue weighted by atomic mass is 9.78. The van der Waals surface area contributed by atoms with Crippen molar-refractivity contribution in [1.82, 2.24) is 0 Å². The average Bonchev–Trinajstić information content (AvgIpc) is 3.69. The number of primary amides is 1. The number of rotatable bonds is 8. The SMILES string of the molecule is CCOC(=O)N(OC1CCCCO1)c1cccc(-c2ccc(C3=Cc4ccc5c(c4CC3)CCc3ccccc3-5)s2)c1.NC(=O)CC1C=CC=CS1(=O)=O. The normalized spacial score (nSPS) is 19.2. The second kappa shape index (κ2) is 16.7. The predicted octanol–water partition coefficient (Wildman–Crippen LogP) is 8.82. The number of fused-ring (bicyclic) bond motifs is 5. The average molecular weight is 765 g/mol. The summed E-state index contributed by atoms with van der Waals surface area (Å²) in [6.07, 6.45) is 12.8. The van der Waals surface area contributed by atoms with Crippen LogP contribution >= 0.6 is 11.3 Å². The Morgan fingerprint density at radius 1 is 0.907 bits per heavy atom. The third-order valence-electron chi connectivity index (χ3n) is 10.0. The fourth-order valence-corrected chi connectivity index (χ4v) is 9.61. The molecule has 4 aliphatic rings. The summed E-state index contributed by atoms with van der Waals surface area (Å²) in [6, 6.07) is 25.8. The second-order valence-corrected chi connectivity index (χ2v) is 16.7. The van der Waals surface area contributed by atoms with Crippen LogP contribution in [-0.4, -0.2) is 45.2 Å². The molecule has 3 aromatic carbocycles. The van der Waals surface area contributed by atoms with Gasteiger partial charge in [0.15, 0.2) is 16.1 Å². The van der Waals surface area contributed by atoms with Crippen LogP contribution in [0.15, 0.2) is 96.4 Å². The van der Waals surface area contributed by atoms with Crippen LogP contribution in [0.4, 0.5) is 10.5 Å². The number of amides is 2. The zero-order valence-electron chi connectivity index (χ0n) is 30.2. The predicted molar refractivity (Wildman–Crippen MR) is 214 cm³/mol. The van der Waals surface area contributed by atoms with Gasteiger partial charge in [0.2, 0.25) is 5.91 Å². The Morgan fingerprint density at radius 3 is 2.54 bits per heavy atom. The molecular weight excluding hydrogens is 721 g/mol. The van der Waals surface area contributed by atoms with Crippen molar-refractivity contribution < 1.29 is 32.3 Å². The number of hydroxylamine groups is 1. The van der Waals surface area contributed by atoms with Crippen molar-refractivity contribution in [3.63, 3.8) is 0 Å². The van der Waals surface area contributed by atoms with E-state index in [2.05, 4.69) is 60.7 Å². The zero-order chi connectivity index (χ0) is 37.7. The number of sulfone groups is 1. The van der Waals surface area contributed by atoms with E-state index >= 15 is 0 Å². The summed E-state index contributed by atoms with van der Waals surface area (Å²) in [5, 5.41) is 1.55. The van der Waals surface area contributed by atoms with E-state index in [-0.39, 0.29) is 13.0 Å². The molecule has 3 heterocycles. The molecule has 280 valence electrons. The summed E-state index contributed by atoms with van der Waals surface area (Å²) in [5.41, 5.74) is 16.6. The lowest BCUT2D eigenvalue weighted by Crippen LogP contribution is -2.38. The molecule has 11 heteroatoms. The summed E-state index contributed by atoms with van der Waals surface area (Å²) >= 11 is 1.79. The van der Waals surface area contributed by atoms with Crippen molar-refractivity contribution in [3.8, 4) is 21.6 Å². The molecule has 2 aliphatic heterocycles. The van der Waals surface area contributed by atoms with Gasteiger partial charge in [-0.05, 0) is 114 Å². The van der Waals surface area contributed by atoms with Gasteiger partial charge in [-0.1, -0.05) is 72.8 Å². The number of anilines is 1. The summed E-state index contributed by atoms with van der Waals surface area (Å²) in [6.45, 7) is 2.70. The van der Waals surface area contributed by atoms with Crippen LogP contribution in [0.2, 0.25) is 0 Å². The molecule has 0 radical (unpaired) electrons. The van der Waals surface area contributed by atoms with Gasteiger partial charge in [-0.3, -0.25) is 4.79 Å². The molecule has 2 unspecified atom stereocenters. The minimum absolute atomic E-state index is 0.150. The van der Waals surface area contributed by atoms with Crippen LogP contribution in [0.25, 0.3) is 33.2 Å². The van der Waals surface area contributed by atoms with E-state index in [4.69, 9.17) is 20.0 Å². The number of carbonyl (C=O) groups is 2. The summed E-state index contributed by atoms with van der Waals surface area (Å²) < 4.78 is 33.4. The lowest BCUT2D eigenvalue weighted by Gasteiger charge is -2.28. The van der Waals surface area contributed by atoms with Gasteiger partial charge in [-0.25, -0.2) is 18.0 Å². The fraction of sp³-hybridized carbons (Fsp3) is 0.302. The molecule has 0 saturated carbocycles. The number of benzene rings is 3. The van der Waals surface area contributed by atoms with Gasteiger partial charge in [0.25, 0.3) is 0 Å². The highest BCUT2D eigenvalue weighted by Gasteiger charge is 2.27. The lowest BCUT2D eigenvalue weighted by molar-refractivity contribution is -0.166. The van der Waals surface area contributed by atoms with Gasteiger partial charge in [-0.2, -0.15) is 5.06 Å². The van der Waals surface area contributed by atoms with Gasteiger partial charge >= 0.3 is 6.09 Å². The van der Waals surface area contributed by atoms with Crippen LogP contribution in [0.3, 0.4) is 0 Å². The summed E-state index contributed by atoms with van der Waals surface area (Å²) in [5.74, 6) is -0.608. The molecule has 2 N–H and O–H groups in total. The quantitative estimate of drug-likeness (QED) is 0.178. The maximum absolute atomic E-state index is 12.8. The Balaban J connectivity index is 0.000000321. The monoisotopic (exact) mass is 764 g/mol. The number of hydrogen-bond donors (Lipinski definition) is 1. The molecule has 1 fully saturated rings. The van der Waals surface area contributed by atoms with E-state index in [0.717, 1.165) is 60.8 Å². The zero-order valence-corrected chi connectivity index (χ0v) is 31.9. The first-order chi connectivity index (χ1) is 26.2. The minimum atomic E-state index is -3.29. The smallest absolute Gasteiger partial charge is 0.438 e. The first-order valence-electron chi connectivity index (χ1n) is 18.5. The molecular formula is C43H44N2O7S2. The largest absolute Gasteiger partial charge is 0.448 e. The molecule has 2 aliphatic carbocycles. The van der Waals surface area contributed by atoms with Crippen LogP contribution < -0.4 is 10.8 Å². The van der Waals surface area contributed by atoms with Gasteiger partial charge in [0, 0.05) is 34.6 Å². The number of carbonyl (C=O) groups excluding carboxylic acids is 2. The van der Waals surface area contributed by atoms with Crippen molar-refractivity contribution in [2.75, 3.05) is 18.3 Å². The number of hydrogen-bond acceptors (Lipinski definition) is 8. The van der Waals surface area contributed by atoms with Crippen LogP contribution in [0.1, 0.15) is 66.2 Å². The van der Waals surface area contributed by atoms with Crippen molar-refractivity contribution >= 4 is 50.5 Å². The number of thiophene rings is 1. The van der Waals surface area contributed by atoms with Crippen molar-refractivity contribution in [2.24, 2.45) is 5.73 Å². The second-order valence-electron chi connectivity index (χ2n) is 13.6. The highest BCUT2D eigenvalue weighted by molar-refractivity contribution is 7.95. The molecule has 8 rings (SSSR count). The highest BCUT2D eigenvalue weighted by Crippen LogP contribution is 2.42. The Morgan fingerprint density at radius 2 is 1.74 bits per heavy atom. The van der Waals surface area contributed by atoms with Gasteiger partial charge in [-0.15, -0.1) is 11.3 Å². The molecule has 4 aromatic rings. The third-order valence-corrected chi connectivity index (χ3v) is 12.9. The maximum Gasteiger partial charge on any atom is 0.438 e. The van der Waals surface area contributed by atoms with Crippen LogP contribution in [0.5, 0.6) is 0 Å². The topological polar surface area (TPSA) is 125 Å². The van der Waals surface area contributed by atoms with Crippen LogP contribution in [0, 0.1) is 0 Å². The highest BCUT2D eigenvalue weighted by atomic mass is 32.2. The van der Waals surface area contributed by atoms with E-state index in [9.17, 15) is 18.0 Å². The van der Waals surface area contributed by atoms with E-state index in [1.54, 1.807) is 24.3 Å². The molecule has 2 amide bonds. The molecule has 0 bridgehead atoms. The van der Waals surface area contributed by atoms with Gasteiger partial charge in [0.05, 0.1) is 17.5 Å². The molecule has 9 nitrogen and oxygen atoms in total. The summed E-state index contributed by atoms with van der Waals surface area (Å²) in [4.78, 5) is 31.7. The van der Waals surface area contributed by atoms with E-state index < -0.39 is 33.4 Å². The Bertz CT molecular complexity index is 2230. The van der Waals surface area contributed by atoms with Gasteiger partial charge in [0.1, 0.15) is 0 Å². The number of nitrogens with zero attached hydrogens (tertiary/aromatic N) is 1. The number of aryl methyl sites for hydroxylation is 1. The van der Waals surface area contributed by atoms with E-state index in [1.807, 2.05) is 18.2 Å². The molecule has 2 atom stereocenters. The van der Waals surface area contributed by atoms with Crippen molar-refractivity contribution in [2.45, 2.75) is 69.8 Å². The first kappa shape index (κ1) is 37.5. The van der Waals surface area contributed by atoms with Crippen LogP contribution in [-0.2, 0) is 48.2 Å².